The van der Waals surface area contributed by atoms with Crippen LogP contribution in [0.3, 0.4) is 0 Å². The summed E-state index contributed by atoms with van der Waals surface area (Å²) in [5.74, 6) is 1.37. The molecule has 0 aromatic carbocycles. The van der Waals surface area contributed by atoms with Gasteiger partial charge in [-0.25, -0.2) is 0 Å². The van der Waals surface area contributed by atoms with Crippen molar-refractivity contribution < 1.29 is 19.1 Å². The first-order valence-electron chi connectivity index (χ1n) is 24.9. The summed E-state index contributed by atoms with van der Waals surface area (Å²) < 4.78 is 11.1. The number of nitrogens with zero attached hydrogens (tertiary/aromatic N) is 2. The molecule has 6 heteroatoms. The monoisotopic (exact) mass is 795 g/mol. The van der Waals surface area contributed by atoms with Gasteiger partial charge in [0.2, 0.25) is 0 Å². The third-order valence-electron chi connectivity index (χ3n) is 11.7. The van der Waals surface area contributed by atoms with Crippen molar-refractivity contribution in [2.75, 3.05) is 60.1 Å². The highest BCUT2D eigenvalue weighted by Crippen LogP contribution is 2.21. The topological polar surface area (TPSA) is 59.1 Å². The lowest BCUT2D eigenvalue weighted by Gasteiger charge is -2.25. The number of likely N-dealkylation sites (N-methyl/N-ethyl adjacent to an activating group) is 1. The largest absolute Gasteiger partial charge is 0.465 e. The molecule has 0 saturated heterocycles. The molecule has 2 atom stereocenters. The minimum atomic E-state index is 0.00288. The maximum atomic E-state index is 12.4. The number of rotatable bonds is 44. The van der Waals surface area contributed by atoms with Crippen LogP contribution >= 0.6 is 0 Å². The molecular formula is C50H102N2O4. The second-order valence-corrected chi connectivity index (χ2v) is 17.2. The van der Waals surface area contributed by atoms with Gasteiger partial charge < -0.3 is 24.1 Å². The first-order valence-corrected chi connectivity index (χ1v) is 24.9. The lowest BCUT2D eigenvalue weighted by atomic mass is 9.95. The van der Waals surface area contributed by atoms with Crippen LogP contribution in [-0.2, 0) is 19.1 Å². The summed E-state index contributed by atoms with van der Waals surface area (Å²) in [6.45, 7) is 18.4. The van der Waals surface area contributed by atoms with Gasteiger partial charge in [-0.1, -0.05) is 176 Å². The van der Waals surface area contributed by atoms with Gasteiger partial charge in [-0.15, -0.1) is 0 Å². The standard InChI is InChI=1S/C33H66N2O3.C17H36O/c1-5-8-10-12-13-18-24-32(23-17-11-9-6-2)31-38-33(37)25-19-16-21-27-35(29-28-34(4)7-3)26-20-14-15-22-30-36;1-4-6-8-10-11-13-15-17(16-18-3)14-12-9-7-5-2/h30,32H,5-29,31H2,1-4H3;17H,4-16H2,1-3H3. The van der Waals surface area contributed by atoms with E-state index in [1.165, 1.54) is 154 Å². The Labute approximate surface area is 352 Å². The van der Waals surface area contributed by atoms with E-state index in [1.807, 2.05) is 7.11 Å². The summed E-state index contributed by atoms with van der Waals surface area (Å²) >= 11 is 0. The smallest absolute Gasteiger partial charge is 0.305 e. The van der Waals surface area contributed by atoms with Crippen LogP contribution in [0.25, 0.3) is 0 Å². The van der Waals surface area contributed by atoms with Crippen molar-refractivity contribution in [1.29, 1.82) is 0 Å². The van der Waals surface area contributed by atoms with E-state index >= 15 is 0 Å². The van der Waals surface area contributed by atoms with Crippen molar-refractivity contribution in [2.24, 2.45) is 11.8 Å². The number of carbonyl (C=O) groups is 2. The van der Waals surface area contributed by atoms with Crippen molar-refractivity contribution in [3.05, 3.63) is 0 Å². The predicted octanol–water partition coefficient (Wildman–Crippen LogP) is 14.4. The number of carbonyl (C=O) groups excluding carboxylic acids is 2. The number of unbranched alkanes of at least 4 members (excludes halogenated alkanes) is 21. The van der Waals surface area contributed by atoms with Gasteiger partial charge in [-0.2, -0.15) is 0 Å². The molecule has 0 aliphatic heterocycles. The third-order valence-corrected chi connectivity index (χ3v) is 11.7. The van der Waals surface area contributed by atoms with Gasteiger partial charge in [-0.3, -0.25) is 4.79 Å². The van der Waals surface area contributed by atoms with Crippen LogP contribution in [0.5, 0.6) is 0 Å². The van der Waals surface area contributed by atoms with Crippen molar-refractivity contribution >= 4 is 12.3 Å². The second-order valence-electron chi connectivity index (χ2n) is 17.2. The molecule has 0 amide bonds. The zero-order chi connectivity index (χ0) is 41.6. The predicted molar refractivity (Wildman–Crippen MR) is 246 cm³/mol. The van der Waals surface area contributed by atoms with Gasteiger partial charge in [-0.05, 0) is 89.9 Å². The number of esters is 1. The Balaban J connectivity index is 0. The van der Waals surface area contributed by atoms with Gasteiger partial charge in [0, 0.05) is 39.6 Å². The lowest BCUT2D eigenvalue weighted by molar-refractivity contribution is -0.145. The van der Waals surface area contributed by atoms with Crippen LogP contribution in [-0.4, -0.2) is 82.2 Å². The zero-order valence-corrected chi connectivity index (χ0v) is 39.3. The molecule has 0 heterocycles. The number of methoxy groups -OCH3 is 1. The Morgan fingerprint density at radius 2 is 0.911 bits per heavy atom. The van der Waals surface area contributed by atoms with E-state index in [4.69, 9.17) is 9.47 Å². The van der Waals surface area contributed by atoms with Crippen molar-refractivity contribution in [2.45, 2.75) is 240 Å². The summed E-state index contributed by atoms with van der Waals surface area (Å²) in [5.41, 5.74) is 0. The molecule has 0 aromatic rings. The summed E-state index contributed by atoms with van der Waals surface area (Å²) in [7, 11) is 4.03. The average Bonchev–Trinajstić information content (AvgIpc) is 3.20. The molecule has 0 bridgehead atoms. The molecule has 0 aliphatic rings. The number of aldehydes is 1. The molecular weight excluding hydrogens is 693 g/mol. The Morgan fingerprint density at radius 3 is 1.36 bits per heavy atom. The molecule has 0 N–H and O–H groups in total. The van der Waals surface area contributed by atoms with Gasteiger partial charge in [0.15, 0.2) is 0 Å². The molecule has 0 radical (unpaired) electrons. The minimum absolute atomic E-state index is 0.00288. The van der Waals surface area contributed by atoms with E-state index in [0.717, 1.165) is 90.1 Å². The van der Waals surface area contributed by atoms with Crippen LogP contribution in [0, 0.1) is 11.8 Å². The van der Waals surface area contributed by atoms with E-state index in [1.54, 1.807) is 0 Å². The Bertz CT molecular complexity index is 765. The van der Waals surface area contributed by atoms with Crippen LogP contribution in [0.2, 0.25) is 0 Å². The lowest BCUT2D eigenvalue weighted by Crippen LogP contribution is -2.34. The molecule has 0 aromatic heterocycles. The van der Waals surface area contributed by atoms with E-state index < -0.39 is 0 Å². The molecule has 336 valence electrons. The quantitative estimate of drug-likeness (QED) is 0.0348. The van der Waals surface area contributed by atoms with Crippen LogP contribution < -0.4 is 0 Å². The fourth-order valence-electron chi connectivity index (χ4n) is 7.61. The van der Waals surface area contributed by atoms with Crippen LogP contribution in [0.1, 0.15) is 240 Å². The Kier molecular flexibility index (Phi) is 49.4. The Morgan fingerprint density at radius 1 is 0.500 bits per heavy atom. The molecule has 0 aliphatic carbocycles. The summed E-state index contributed by atoms with van der Waals surface area (Å²) in [6, 6.07) is 0. The van der Waals surface area contributed by atoms with E-state index in [2.05, 4.69) is 51.5 Å². The molecule has 2 unspecified atom stereocenters. The van der Waals surface area contributed by atoms with Gasteiger partial charge in [0.05, 0.1) is 6.61 Å². The highest BCUT2D eigenvalue weighted by atomic mass is 16.5. The fourth-order valence-corrected chi connectivity index (χ4v) is 7.61. The van der Waals surface area contributed by atoms with Gasteiger partial charge in [0.25, 0.3) is 0 Å². The highest BCUT2D eigenvalue weighted by Gasteiger charge is 2.13. The summed E-state index contributed by atoms with van der Waals surface area (Å²) in [4.78, 5) is 27.9. The first kappa shape index (κ1) is 57.1. The van der Waals surface area contributed by atoms with Crippen LogP contribution in [0.4, 0.5) is 0 Å². The molecule has 0 fully saturated rings. The van der Waals surface area contributed by atoms with E-state index in [0.29, 0.717) is 25.4 Å². The summed E-state index contributed by atoms with van der Waals surface area (Å²) in [5, 5.41) is 0. The van der Waals surface area contributed by atoms with E-state index in [-0.39, 0.29) is 5.97 Å². The molecule has 56 heavy (non-hydrogen) atoms. The maximum Gasteiger partial charge on any atom is 0.305 e. The minimum Gasteiger partial charge on any atom is -0.465 e. The summed E-state index contributed by atoms with van der Waals surface area (Å²) in [6.07, 6.45) is 41.1. The number of hydrogen-bond acceptors (Lipinski definition) is 6. The number of hydrogen-bond donors (Lipinski definition) is 0. The Hall–Kier alpha value is -0.980. The van der Waals surface area contributed by atoms with E-state index in [9.17, 15) is 9.59 Å². The van der Waals surface area contributed by atoms with Gasteiger partial charge >= 0.3 is 5.97 Å². The maximum absolute atomic E-state index is 12.4. The van der Waals surface area contributed by atoms with Gasteiger partial charge in [0.1, 0.15) is 6.29 Å². The highest BCUT2D eigenvalue weighted by molar-refractivity contribution is 5.69. The molecule has 0 saturated carbocycles. The van der Waals surface area contributed by atoms with Crippen molar-refractivity contribution in [3.63, 3.8) is 0 Å². The molecule has 0 rings (SSSR count). The average molecular weight is 795 g/mol. The normalized spacial score (nSPS) is 12.5. The molecule has 0 spiro atoms. The fraction of sp³-hybridized carbons (Fsp3) is 0.960. The first-order chi connectivity index (χ1) is 27.4. The second kappa shape index (κ2) is 48.4. The molecule has 6 nitrogen and oxygen atoms in total. The van der Waals surface area contributed by atoms with Crippen molar-refractivity contribution in [1.82, 2.24) is 9.80 Å². The SMILES string of the molecule is CCCCCCCCC(CCCCCC)COC.CCCCCCCCC(CCCCCC)COC(=O)CCCCCN(CCCCCC=O)CCN(C)CC. The zero-order valence-electron chi connectivity index (χ0n) is 39.3. The van der Waals surface area contributed by atoms with Crippen LogP contribution in [0.15, 0.2) is 0 Å². The third kappa shape index (κ3) is 44.1. The number of ether oxygens (including phenoxy) is 2. The van der Waals surface area contributed by atoms with Crippen molar-refractivity contribution in [3.8, 4) is 0 Å².